The largest absolute Gasteiger partial charge is 0.485 e. The highest BCUT2D eigenvalue weighted by molar-refractivity contribution is 9.10. The minimum Gasteiger partial charge on any atom is -0.485 e. The van der Waals surface area contributed by atoms with Crippen molar-refractivity contribution in [2.75, 3.05) is 0 Å². The van der Waals surface area contributed by atoms with E-state index < -0.39 is 0 Å². The van der Waals surface area contributed by atoms with Gasteiger partial charge < -0.3 is 10.5 Å². The quantitative estimate of drug-likeness (QED) is 0.797. The predicted molar refractivity (Wildman–Crippen MR) is 89.7 cm³/mol. The molecule has 1 aliphatic heterocycles. The van der Waals surface area contributed by atoms with Crippen molar-refractivity contribution in [3.8, 4) is 5.75 Å². The second-order valence-electron chi connectivity index (χ2n) is 5.94. The van der Waals surface area contributed by atoms with Gasteiger partial charge in [0.2, 0.25) is 0 Å². The third-order valence-electron chi connectivity index (χ3n) is 4.17. The summed E-state index contributed by atoms with van der Waals surface area (Å²) in [4.78, 5) is 0. The summed E-state index contributed by atoms with van der Waals surface area (Å²) < 4.78 is 7.28. The van der Waals surface area contributed by atoms with E-state index in [0.29, 0.717) is 0 Å². The molecule has 110 valence electrons. The number of nitrogens with two attached hydrogens (primary N) is 1. The first-order chi connectivity index (χ1) is 9.95. The number of benzene rings is 2. The van der Waals surface area contributed by atoms with Gasteiger partial charge in [0.25, 0.3) is 0 Å². The van der Waals surface area contributed by atoms with Gasteiger partial charge in [-0.25, -0.2) is 0 Å². The molecule has 0 spiro atoms. The lowest BCUT2D eigenvalue weighted by Crippen LogP contribution is -2.25. The zero-order valence-corrected chi connectivity index (χ0v) is 14.2. The average molecular weight is 346 g/mol. The van der Waals surface area contributed by atoms with Crippen molar-refractivity contribution in [2.45, 2.75) is 39.3 Å². The fourth-order valence-corrected chi connectivity index (χ4v) is 3.69. The number of hydrogen-bond donors (Lipinski definition) is 1. The smallest absolute Gasteiger partial charge is 0.126 e. The van der Waals surface area contributed by atoms with Crippen LogP contribution in [0.15, 0.2) is 34.8 Å². The lowest BCUT2D eigenvalue weighted by molar-refractivity contribution is 0.160. The zero-order valence-electron chi connectivity index (χ0n) is 12.6. The van der Waals surface area contributed by atoms with Crippen LogP contribution in [0, 0.1) is 20.8 Å². The SMILES string of the molecule is Cc1cc(C)c(C2C[C@@H](N)c3ccc(Br)cc3O2)c(C)c1. The normalized spacial score (nSPS) is 20.8. The molecule has 21 heavy (non-hydrogen) atoms. The summed E-state index contributed by atoms with van der Waals surface area (Å²) in [6.07, 6.45) is 0.849. The first-order valence-electron chi connectivity index (χ1n) is 7.25. The van der Waals surface area contributed by atoms with E-state index in [4.69, 9.17) is 10.5 Å². The lowest BCUT2D eigenvalue weighted by atomic mass is 9.88. The monoisotopic (exact) mass is 345 g/mol. The Labute approximate surface area is 134 Å². The van der Waals surface area contributed by atoms with Crippen molar-refractivity contribution in [3.05, 3.63) is 62.6 Å². The molecule has 0 bridgehead atoms. The molecule has 3 rings (SSSR count). The van der Waals surface area contributed by atoms with Crippen molar-refractivity contribution in [1.82, 2.24) is 0 Å². The first kappa shape index (κ1) is 14.6. The van der Waals surface area contributed by atoms with Gasteiger partial charge in [0.1, 0.15) is 11.9 Å². The molecule has 0 aromatic heterocycles. The van der Waals surface area contributed by atoms with Gasteiger partial charge in [-0.1, -0.05) is 39.7 Å². The van der Waals surface area contributed by atoms with E-state index in [0.717, 1.165) is 22.2 Å². The number of rotatable bonds is 1. The van der Waals surface area contributed by atoms with Crippen LogP contribution in [-0.2, 0) is 0 Å². The summed E-state index contributed by atoms with van der Waals surface area (Å²) in [6.45, 7) is 6.44. The molecular weight excluding hydrogens is 326 g/mol. The minimum atomic E-state index is 0.0203. The highest BCUT2D eigenvalue weighted by Crippen LogP contribution is 2.42. The summed E-state index contributed by atoms with van der Waals surface area (Å²) in [5.41, 5.74) is 12.6. The second kappa shape index (κ2) is 5.47. The van der Waals surface area contributed by atoms with Crippen molar-refractivity contribution in [2.24, 2.45) is 5.73 Å². The first-order valence-corrected chi connectivity index (χ1v) is 8.04. The van der Waals surface area contributed by atoms with Crippen LogP contribution in [-0.4, -0.2) is 0 Å². The molecule has 2 atom stereocenters. The van der Waals surface area contributed by atoms with Crippen LogP contribution >= 0.6 is 15.9 Å². The molecular formula is C18H20BrNO. The van der Waals surface area contributed by atoms with Crippen molar-refractivity contribution in [1.29, 1.82) is 0 Å². The van der Waals surface area contributed by atoms with Gasteiger partial charge in [0.15, 0.2) is 0 Å². The Hall–Kier alpha value is -1.32. The fraction of sp³-hybridized carbons (Fsp3) is 0.333. The molecule has 2 aromatic rings. The molecule has 2 N–H and O–H groups in total. The van der Waals surface area contributed by atoms with E-state index in [1.165, 1.54) is 22.3 Å². The Morgan fingerprint density at radius 3 is 2.43 bits per heavy atom. The second-order valence-corrected chi connectivity index (χ2v) is 6.86. The number of aryl methyl sites for hydroxylation is 3. The van der Waals surface area contributed by atoms with Crippen LogP contribution in [0.3, 0.4) is 0 Å². The summed E-state index contributed by atoms with van der Waals surface area (Å²) in [5.74, 6) is 0.896. The van der Waals surface area contributed by atoms with Crippen molar-refractivity contribution in [3.63, 3.8) is 0 Å². The van der Waals surface area contributed by atoms with Crippen LogP contribution in [0.1, 0.15) is 46.4 Å². The average Bonchev–Trinajstić information content (AvgIpc) is 2.36. The fourth-order valence-electron chi connectivity index (χ4n) is 3.35. The van der Waals surface area contributed by atoms with Crippen LogP contribution < -0.4 is 10.5 Å². The molecule has 0 aliphatic carbocycles. The molecule has 2 aromatic carbocycles. The highest BCUT2D eigenvalue weighted by atomic mass is 79.9. The van der Waals surface area contributed by atoms with E-state index in [9.17, 15) is 0 Å². The molecule has 1 unspecified atom stereocenters. The van der Waals surface area contributed by atoms with E-state index in [-0.39, 0.29) is 12.1 Å². The Bertz CT molecular complexity index is 673. The molecule has 1 heterocycles. The third-order valence-corrected chi connectivity index (χ3v) is 4.67. The Balaban J connectivity index is 2.03. The van der Waals surface area contributed by atoms with Gasteiger partial charge in [-0.15, -0.1) is 0 Å². The van der Waals surface area contributed by atoms with Crippen LogP contribution in [0.5, 0.6) is 5.75 Å². The molecule has 3 heteroatoms. The minimum absolute atomic E-state index is 0.0203. The van der Waals surface area contributed by atoms with Crippen LogP contribution in [0.25, 0.3) is 0 Å². The van der Waals surface area contributed by atoms with E-state index in [1.54, 1.807) is 0 Å². The molecule has 1 aliphatic rings. The number of fused-ring (bicyclic) bond motifs is 1. The number of ether oxygens (including phenoxy) is 1. The lowest BCUT2D eigenvalue weighted by Gasteiger charge is -2.32. The van der Waals surface area contributed by atoms with Crippen LogP contribution in [0.4, 0.5) is 0 Å². The maximum Gasteiger partial charge on any atom is 0.126 e. The Morgan fingerprint density at radius 2 is 1.76 bits per heavy atom. The molecule has 0 fully saturated rings. The topological polar surface area (TPSA) is 35.2 Å². The van der Waals surface area contributed by atoms with Crippen molar-refractivity contribution < 1.29 is 4.74 Å². The van der Waals surface area contributed by atoms with E-state index in [1.807, 2.05) is 12.1 Å². The molecule has 0 saturated heterocycles. The zero-order chi connectivity index (χ0) is 15.1. The Kier molecular flexibility index (Phi) is 3.80. The number of hydrogen-bond acceptors (Lipinski definition) is 2. The van der Waals surface area contributed by atoms with Gasteiger partial charge in [-0.2, -0.15) is 0 Å². The molecule has 2 nitrogen and oxygen atoms in total. The molecule has 0 saturated carbocycles. The van der Waals surface area contributed by atoms with Crippen LogP contribution in [0.2, 0.25) is 0 Å². The van der Waals surface area contributed by atoms with Crippen molar-refractivity contribution >= 4 is 15.9 Å². The summed E-state index contributed by atoms with van der Waals surface area (Å²) in [7, 11) is 0. The molecule has 0 radical (unpaired) electrons. The van der Waals surface area contributed by atoms with Gasteiger partial charge in [-0.3, -0.25) is 0 Å². The maximum absolute atomic E-state index is 6.36. The summed E-state index contributed by atoms with van der Waals surface area (Å²) >= 11 is 3.50. The van der Waals surface area contributed by atoms with Gasteiger partial charge in [0.05, 0.1) is 0 Å². The predicted octanol–water partition coefficient (Wildman–Crippen LogP) is 4.90. The Morgan fingerprint density at radius 1 is 1.10 bits per heavy atom. The molecule has 0 amide bonds. The standard InChI is InChI=1S/C18H20BrNO/c1-10-6-11(2)18(12(3)7-10)17-9-15(20)14-5-4-13(19)8-16(14)21-17/h4-8,15,17H,9,20H2,1-3H3/t15-,17?/m1/s1. The summed E-state index contributed by atoms with van der Waals surface area (Å²) in [6, 6.07) is 10.5. The van der Waals surface area contributed by atoms with Gasteiger partial charge in [-0.05, 0) is 49.6 Å². The van der Waals surface area contributed by atoms with Gasteiger partial charge >= 0.3 is 0 Å². The highest BCUT2D eigenvalue weighted by Gasteiger charge is 2.29. The maximum atomic E-state index is 6.36. The third kappa shape index (κ3) is 2.72. The van der Waals surface area contributed by atoms with E-state index in [2.05, 4.69) is 54.9 Å². The van der Waals surface area contributed by atoms with E-state index >= 15 is 0 Å². The summed E-state index contributed by atoms with van der Waals surface area (Å²) in [5, 5.41) is 0. The van der Waals surface area contributed by atoms with Gasteiger partial charge in [0, 0.05) is 22.5 Å². The number of halogens is 1.